The van der Waals surface area contributed by atoms with Gasteiger partial charge in [-0.15, -0.1) is 0 Å². The third kappa shape index (κ3) is 3.39. The zero-order chi connectivity index (χ0) is 17.7. The van der Waals surface area contributed by atoms with E-state index in [0.29, 0.717) is 26.2 Å². The normalized spacial score (nSPS) is 17.1. The van der Waals surface area contributed by atoms with Gasteiger partial charge in [0.2, 0.25) is 5.91 Å². The van der Waals surface area contributed by atoms with Crippen molar-refractivity contribution < 1.29 is 18.7 Å². The molecule has 1 aromatic rings. The van der Waals surface area contributed by atoms with Crippen LogP contribution in [0.4, 0.5) is 4.39 Å². The van der Waals surface area contributed by atoms with Gasteiger partial charge in [0, 0.05) is 38.9 Å². The second kappa shape index (κ2) is 7.41. The molecule has 24 heavy (non-hydrogen) atoms. The third-order valence-corrected chi connectivity index (χ3v) is 4.35. The van der Waals surface area contributed by atoms with Crippen LogP contribution in [0, 0.1) is 17.1 Å². The molecule has 2 amide bonds. The van der Waals surface area contributed by atoms with Gasteiger partial charge in [-0.05, 0) is 13.0 Å². The zero-order valence-corrected chi connectivity index (χ0v) is 13.8. The smallest absolute Gasteiger partial charge is 0.259 e. The van der Waals surface area contributed by atoms with Crippen molar-refractivity contribution in [3.8, 4) is 6.07 Å². The van der Waals surface area contributed by atoms with Gasteiger partial charge in [-0.2, -0.15) is 5.26 Å². The molecule has 0 radical (unpaired) electrons. The number of benzene rings is 1. The predicted octanol–water partition coefficient (Wildman–Crippen LogP) is 1.27. The minimum absolute atomic E-state index is 0.168. The Hall–Kier alpha value is -2.46. The van der Waals surface area contributed by atoms with Crippen LogP contribution in [0.15, 0.2) is 24.3 Å². The second-order valence-corrected chi connectivity index (χ2v) is 5.73. The van der Waals surface area contributed by atoms with Crippen LogP contribution in [0.1, 0.15) is 18.9 Å². The maximum absolute atomic E-state index is 14.1. The molecule has 6 nitrogen and oxygen atoms in total. The van der Waals surface area contributed by atoms with Crippen LogP contribution in [-0.2, 0) is 19.9 Å². The summed E-state index contributed by atoms with van der Waals surface area (Å²) in [5.41, 5.74) is -1.25. The summed E-state index contributed by atoms with van der Waals surface area (Å²) in [6.07, 6.45) is -0.168. The Kier molecular flexibility index (Phi) is 5.52. The van der Waals surface area contributed by atoms with E-state index >= 15 is 0 Å². The van der Waals surface area contributed by atoms with Gasteiger partial charge < -0.3 is 14.5 Å². The molecule has 0 unspecified atom stereocenters. The van der Waals surface area contributed by atoms with E-state index in [2.05, 4.69) is 0 Å². The first-order chi connectivity index (χ1) is 11.4. The third-order valence-electron chi connectivity index (χ3n) is 4.35. The second-order valence-electron chi connectivity index (χ2n) is 5.73. The fourth-order valence-electron chi connectivity index (χ4n) is 2.80. The van der Waals surface area contributed by atoms with Crippen molar-refractivity contribution in [1.82, 2.24) is 9.80 Å². The number of ether oxygens (including phenoxy) is 1. The summed E-state index contributed by atoms with van der Waals surface area (Å²) in [7, 11) is 1.37. The Bertz CT molecular complexity index is 665. The molecule has 7 heteroatoms. The SMILES string of the molecule is CO[C@](C)(C(=O)N1CCN(C(=O)CC#N)CC1)c1ccccc1F. The number of nitrogens with zero attached hydrogens (tertiary/aromatic N) is 3. The van der Waals surface area contributed by atoms with Crippen LogP contribution in [0.3, 0.4) is 0 Å². The maximum atomic E-state index is 14.1. The lowest BCUT2D eigenvalue weighted by molar-refractivity contribution is -0.157. The van der Waals surface area contributed by atoms with Crippen molar-refractivity contribution in [3.05, 3.63) is 35.6 Å². The number of nitriles is 1. The van der Waals surface area contributed by atoms with Crippen molar-refractivity contribution in [2.24, 2.45) is 0 Å². The Morgan fingerprint density at radius 1 is 1.25 bits per heavy atom. The Morgan fingerprint density at radius 3 is 2.38 bits per heavy atom. The van der Waals surface area contributed by atoms with Gasteiger partial charge in [0.05, 0.1) is 6.07 Å². The quantitative estimate of drug-likeness (QED) is 0.832. The first-order valence-electron chi connectivity index (χ1n) is 7.68. The van der Waals surface area contributed by atoms with Gasteiger partial charge in [-0.25, -0.2) is 4.39 Å². The van der Waals surface area contributed by atoms with E-state index in [4.69, 9.17) is 10.00 Å². The Balaban J connectivity index is 2.12. The average molecular weight is 333 g/mol. The molecule has 0 spiro atoms. The minimum Gasteiger partial charge on any atom is -0.364 e. The number of halogens is 1. The number of carbonyl (C=O) groups excluding carboxylic acids is 2. The molecule has 0 N–H and O–H groups in total. The number of amides is 2. The van der Waals surface area contributed by atoms with Gasteiger partial charge in [0.25, 0.3) is 5.91 Å². The van der Waals surface area contributed by atoms with Gasteiger partial charge in [-0.1, -0.05) is 18.2 Å². The van der Waals surface area contributed by atoms with E-state index in [-0.39, 0.29) is 23.8 Å². The lowest BCUT2D eigenvalue weighted by Crippen LogP contribution is -2.55. The molecule has 0 saturated carbocycles. The van der Waals surface area contributed by atoms with Crippen molar-refractivity contribution >= 4 is 11.8 Å². The molecule has 0 aromatic heterocycles. The molecule has 1 heterocycles. The standard InChI is InChI=1S/C17H20FN3O3/c1-17(24-2,13-5-3-4-6-14(13)18)16(23)21-11-9-20(10-12-21)15(22)7-8-19/h3-6H,7,9-12H2,1-2H3/t17-/m0/s1. The summed E-state index contributed by atoms with van der Waals surface area (Å²) in [5, 5.41) is 8.58. The fraction of sp³-hybridized carbons (Fsp3) is 0.471. The summed E-state index contributed by atoms with van der Waals surface area (Å²) in [6, 6.07) is 7.86. The summed E-state index contributed by atoms with van der Waals surface area (Å²) in [6.45, 7) is 2.89. The summed E-state index contributed by atoms with van der Waals surface area (Å²) in [5.74, 6) is -1.09. The first kappa shape index (κ1) is 17.9. The predicted molar refractivity (Wildman–Crippen MR) is 84.2 cm³/mol. The monoisotopic (exact) mass is 333 g/mol. The lowest BCUT2D eigenvalue weighted by Gasteiger charge is -2.39. The van der Waals surface area contributed by atoms with E-state index in [9.17, 15) is 14.0 Å². The van der Waals surface area contributed by atoms with Gasteiger partial charge in [-0.3, -0.25) is 9.59 Å². The maximum Gasteiger partial charge on any atom is 0.259 e. The van der Waals surface area contributed by atoms with Crippen molar-refractivity contribution in [3.63, 3.8) is 0 Å². The van der Waals surface area contributed by atoms with E-state index in [1.54, 1.807) is 28.9 Å². The topological polar surface area (TPSA) is 73.6 Å². The van der Waals surface area contributed by atoms with Crippen molar-refractivity contribution in [2.75, 3.05) is 33.3 Å². The molecular weight excluding hydrogens is 313 g/mol. The number of methoxy groups -OCH3 is 1. The van der Waals surface area contributed by atoms with E-state index in [1.165, 1.54) is 19.2 Å². The van der Waals surface area contributed by atoms with Crippen LogP contribution >= 0.6 is 0 Å². The first-order valence-corrected chi connectivity index (χ1v) is 7.68. The molecule has 1 atom stereocenters. The highest BCUT2D eigenvalue weighted by Gasteiger charge is 2.41. The fourth-order valence-corrected chi connectivity index (χ4v) is 2.80. The highest BCUT2D eigenvalue weighted by Crippen LogP contribution is 2.29. The van der Waals surface area contributed by atoms with Crippen LogP contribution in [0.5, 0.6) is 0 Å². The molecule has 1 aliphatic heterocycles. The van der Waals surface area contributed by atoms with E-state index in [0.717, 1.165) is 0 Å². The number of rotatable bonds is 4. The number of hydrogen-bond donors (Lipinski definition) is 0. The van der Waals surface area contributed by atoms with Gasteiger partial charge in [0.1, 0.15) is 12.2 Å². The summed E-state index contributed by atoms with van der Waals surface area (Å²) >= 11 is 0. The zero-order valence-electron chi connectivity index (χ0n) is 13.8. The van der Waals surface area contributed by atoms with Gasteiger partial charge >= 0.3 is 0 Å². The molecule has 128 valence electrons. The molecular formula is C17H20FN3O3. The summed E-state index contributed by atoms with van der Waals surface area (Å²) < 4.78 is 19.5. The minimum atomic E-state index is -1.43. The molecule has 0 bridgehead atoms. The average Bonchev–Trinajstić information content (AvgIpc) is 2.61. The number of piperazine rings is 1. The number of hydrogen-bond acceptors (Lipinski definition) is 4. The molecule has 0 aliphatic carbocycles. The van der Waals surface area contributed by atoms with Crippen LogP contribution < -0.4 is 0 Å². The summed E-state index contributed by atoms with van der Waals surface area (Å²) in [4.78, 5) is 27.7. The highest BCUT2D eigenvalue weighted by molar-refractivity contribution is 5.87. The highest BCUT2D eigenvalue weighted by atomic mass is 19.1. The lowest BCUT2D eigenvalue weighted by atomic mass is 9.93. The van der Waals surface area contributed by atoms with Crippen molar-refractivity contribution in [2.45, 2.75) is 18.9 Å². The Morgan fingerprint density at radius 2 is 1.83 bits per heavy atom. The van der Waals surface area contributed by atoms with E-state index in [1.807, 2.05) is 6.07 Å². The van der Waals surface area contributed by atoms with Crippen LogP contribution in [0.2, 0.25) is 0 Å². The molecule has 2 rings (SSSR count). The Labute approximate surface area is 140 Å². The number of carbonyl (C=O) groups is 2. The van der Waals surface area contributed by atoms with Crippen LogP contribution in [0.25, 0.3) is 0 Å². The molecule has 1 aliphatic rings. The molecule has 1 fully saturated rings. The van der Waals surface area contributed by atoms with Crippen LogP contribution in [-0.4, -0.2) is 54.9 Å². The van der Waals surface area contributed by atoms with Crippen molar-refractivity contribution in [1.29, 1.82) is 5.26 Å². The van der Waals surface area contributed by atoms with E-state index < -0.39 is 11.4 Å². The van der Waals surface area contributed by atoms with Gasteiger partial charge in [0.15, 0.2) is 5.60 Å². The molecule has 1 saturated heterocycles. The molecule has 1 aromatic carbocycles. The largest absolute Gasteiger partial charge is 0.364 e.